The van der Waals surface area contributed by atoms with Gasteiger partial charge in [-0.25, -0.2) is 4.39 Å². The Morgan fingerprint density at radius 1 is 1.50 bits per heavy atom. The van der Waals surface area contributed by atoms with Gasteiger partial charge in [0, 0.05) is 12.6 Å². The van der Waals surface area contributed by atoms with E-state index in [0.29, 0.717) is 18.7 Å². The molecule has 1 saturated heterocycles. The van der Waals surface area contributed by atoms with Crippen molar-refractivity contribution in [1.82, 2.24) is 5.06 Å². The first-order valence-electron chi connectivity index (χ1n) is 5.12. The summed E-state index contributed by atoms with van der Waals surface area (Å²) in [4.78, 5) is 0. The molecule has 0 saturated carbocycles. The van der Waals surface area contributed by atoms with Crippen molar-refractivity contribution < 1.29 is 19.4 Å². The number of β-amino-alcohol motifs (C(OH)–C–C–N with tert-alkyl or cyclic N) is 1. The molecule has 88 valence electrons. The summed E-state index contributed by atoms with van der Waals surface area (Å²) in [5.41, 5.74) is -1.05. The van der Waals surface area contributed by atoms with Gasteiger partial charge in [0.15, 0.2) is 0 Å². The Morgan fingerprint density at radius 2 is 2.31 bits per heavy atom. The molecule has 0 aliphatic carbocycles. The summed E-state index contributed by atoms with van der Waals surface area (Å²) in [7, 11) is 0. The number of hydroxylamine groups is 2. The van der Waals surface area contributed by atoms with Crippen molar-refractivity contribution in [3.05, 3.63) is 30.1 Å². The fourth-order valence-corrected chi connectivity index (χ4v) is 1.73. The summed E-state index contributed by atoms with van der Waals surface area (Å²) in [5, 5.41) is 20.2. The Labute approximate surface area is 92.8 Å². The number of rotatable bonds is 3. The number of hydrogen-bond donors (Lipinski definition) is 2. The van der Waals surface area contributed by atoms with Crippen LogP contribution in [0.1, 0.15) is 6.42 Å². The van der Waals surface area contributed by atoms with Gasteiger partial charge in [0.25, 0.3) is 0 Å². The van der Waals surface area contributed by atoms with Gasteiger partial charge in [0.1, 0.15) is 23.8 Å². The molecule has 5 heteroatoms. The van der Waals surface area contributed by atoms with Crippen LogP contribution in [0.3, 0.4) is 0 Å². The Morgan fingerprint density at radius 3 is 2.94 bits per heavy atom. The van der Waals surface area contributed by atoms with Crippen LogP contribution in [0, 0.1) is 5.82 Å². The van der Waals surface area contributed by atoms with Gasteiger partial charge in [0.05, 0.1) is 6.54 Å². The minimum atomic E-state index is -1.05. The van der Waals surface area contributed by atoms with Crippen LogP contribution >= 0.6 is 0 Å². The van der Waals surface area contributed by atoms with Crippen LogP contribution in [0.2, 0.25) is 0 Å². The maximum Gasteiger partial charge on any atom is 0.126 e. The van der Waals surface area contributed by atoms with Gasteiger partial charge < -0.3 is 15.1 Å². The second kappa shape index (κ2) is 4.37. The number of hydrogen-bond acceptors (Lipinski definition) is 4. The van der Waals surface area contributed by atoms with E-state index in [2.05, 4.69) is 0 Å². The monoisotopic (exact) mass is 227 g/mol. The highest BCUT2D eigenvalue weighted by Gasteiger charge is 2.36. The molecular formula is C11H14FNO3. The fourth-order valence-electron chi connectivity index (χ4n) is 1.73. The molecule has 0 unspecified atom stereocenters. The first-order chi connectivity index (χ1) is 7.57. The van der Waals surface area contributed by atoms with E-state index in [-0.39, 0.29) is 19.0 Å². The molecule has 16 heavy (non-hydrogen) atoms. The third-order valence-electron chi connectivity index (χ3n) is 2.62. The SMILES string of the molecule is ON1CC[C@@](O)(COc2cccc(F)c2)C1. The smallest absolute Gasteiger partial charge is 0.126 e. The van der Waals surface area contributed by atoms with Crippen LogP contribution in [-0.2, 0) is 0 Å². The van der Waals surface area contributed by atoms with Crippen LogP contribution in [0.25, 0.3) is 0 Å². The van der Waals surface area contributed by atoms with E-state index in [1.807, 2.05) is 0 Å². The van der Waals surface area contributed by atoms with E-state index in [4.69, 9.17) is 9.94 Å². The topological polar surface area (TPSA) is 52.9 Å². The largest absolute Gasteiger partial charge is 0.490 e. The molecule has 0 aromatic heterocycles. The highest BCUT2D eigenvalue weighted by molar-refractivity contribution is 5.22. The van der Waals surface area contributed by atoms with Crippen LogP contribution < -0.4 is 4.74 Å². The summed E-state index contributed by atoms with van der Waals surface area (Å²) >= 11 is 0. The molecule has 0 radical (unpaired) electrons. The quantitative estimate of drug-likeness (QED) is 0.809. The standard InChI is InChI=1S/C11H14FNO3/c12-9-2-1-3-10(6-9)16-8-11(14)4-5-13(15)7-11/h1-3,6,14-15H,4-5,7-8H2/t11-/m0/s1. The van der Waals surface area contributed by atoms with Gasteiger partial charge in [0.2, 0.25) is 0 Å². The predicted octanol–water partition coefficient (Wildman–Crippen LogP) is 1.03. The molecule has 1 fully saturated rings. The van der Waals surface area contributed by atoms with Crippen molar-refractivity contribution in [3.8, 4) is 5.75 Å². The van der Waals surface area contributed by atoms with Gasteiger partial charge in [-0.2, -0.15) is 5.06 Å². The molecule has 1 aromatic carbocycles. The normalized spacial score (nSPS) is 25.9. The summed E-state index contributed by atoms with van der Waals surface area (Å²) in [6, 6.07) is 5.75. The summed E-state index contributed by atoms with van der Waals surface area (Å²) in [6.07, 6.45) is 0.443. The van der Waals surface area contributed by atoms with E-state index in [1.165, 1.54) is 12.1 Å². The molecule has 0 spiro atoms. The van der Waals surface area contributed by atoms with Crippen LogP contribution in [0.4, 0.5) is 4.39 Å². The maximum atomic E-state index is 12.8. The first-order valence-corrected chi connectivity index (χ1v) is 5.12. The highest BCUT2D eigenvalue weighted by atomic mass is 19.1. The zero-order valence-electron chi connectivity index (χ0n) is 8.77. The Balaban J connectivity index is 1.92. The molecule has 1 aliphatic heterocycles. The van der Waals surface area contributed by atoms with E-state index < -0.39 is 5.60 Å². The molecule has 1 atom stereocenters. The third kappa shape index (κ3) is 2.69. The molecule has 2 N–H and O–H groups in total. The second-order valence-corrected chi connectivity index (χ2v) is 4.11. The van der Waals surface area contributed by atoms with E-state index in [0.717, 1.165) is 5.06 Å². The van der Waals surface area contributed by atoms with Crippen molar-refractivity contribution in [1.29, 1.82) is 0 Å². The second-order valence-electron chi connectivity index (χ2n) is 4.11. The Bertz CT molecular complexity index is 374. The van der Waals surface area contributed by atoms with Crippen molar-refractivity contribution in [2.45, 2.75) is 12.0 Å². The summed E-state index contributed by atoms with van der Waals surface area (Å²) < 4.78 is 18.1. The number of benzene rings is 1. The number of aliphatic hydroxyl groups is 1. The summed E-state index contributed by atoms with van der Waals surface area (Å²) in [6.45, 7) is 0.624. The Kier molecular flexibility index (Phi) is 3.09. The minimum absolute atomic E-state index is 0.0491. The zero-order chi connectivity index (χ0) is 11.6. The van der Waals surface area contributed by atoms with Gasteiger partial charge in [-0.05, 0) is 18.6 Å². The van der Waals surface area contributed by atoms with E-state index in [9.17, 15) is 9.50 Å². The fraction of sp³-hybridized carbons (Fsp3) is 0.455. The molecule has 0 bridgehead atoms. The maximum absolute atomic E-state index is 12.8. The van der Waals surface area contributed by atoms with E-state index >= 15 is 0 Å². The molecule has 0 amide bonds. The molecular weight excluding hydrogens is 213 g/mol. The van der Waals surface area contributed by atoms with Gasteiger partial charge in [-0.15, -0.1) is 0 Å². The lowest BCUT2D eigenvalue weighted by molar-refractivity contribution is -0.0961. The van der Waals surface area contributed by atoms with Crippen LogP contribution in [0.15, 0.2) is 24.3 Å². The lowest BCUT2D eigenvalue weighted by Gasteiger charge is -2.21. The number of nitrogens with zero attached hydrogens (tertiary/aromatic N) is 1. The zero-order valence-corrected chi connectivity index (χ0v) is 8.77. The lowest BCUT2D eigenvalue weighted by atomic mass is 10.1. The molecule has 1 heterocycles. The van der Waals surface area contributed by atoms with Gasteiger partial charge in [-0.3, -0.25) is 0 Å². The van der Waals surface area contributed by atoms with Crippen LogP contribution in [-0.4, -0.2) is 40.7 Å². The Hall–Kier alpha value is -1.17. The minimum Gasteiger partial charge on any atom is -0.490 e. The van der Waals surface area contributed by atoms with Crippen molar-refractivity contribution in [2.24, 2.45) is 0 Å². The average molecular weight is 227 g/mol. The average Bonchev–Trinajstić information content (AvgIpc) is 2.57. The molecule has 1 aliphatic rings. The molecule has 4 nitrogen and oxygen atoms in total. The molecule has 1 aromatic rings. The van der Waals surface area contributed by atoms with Crippen molar-refractivity contribution in [3.63, 3.8) is 0 Å². The lowest BCUT2D eigenvalue weighted by Crippen LogP contribution is -2.38. The number of ether oxygens (including phenoxy) is 1. The van der Waals surface area contributed by atoms with Crippen LogP contribution in [0.5, 0.6) is 5.75 Å². The third-order valence-corrected chi connectivity index (χ3v) is 2.62. The highest BCUT2D eigenvalue weighted by Crippen LogP contribution is 2.21. The van der Waals surface area contributed by atoms with E-state index in [1.54, 1.807) is 12.1 Å². The van der Waals surface area contributed by atoms with Crippen molar-refractivity contribution in [2.75, 3.05) is 19.7 Å². The first kappa shape index (κ1) is 11.3. The van der Waals surface area contributed by atoms with Gasteiger partial charge >= 0.3 is 0 Å². The predicted molar refractivity (Wildman–Crippen MR) is 54.8 cm³/mol. The van der Waals surface area contributed by atoms with Crippen molar-refractivity contribution >= 4 is 0 Å². The number of halogens is 1. The molecule has 2 rings (SSSR count). The summed E-state index contributed by atoms with van der Waals surface area (Å²) in [5.74, 6) is 0.00418. The van der Waals surface area contributed by atoms with Gasteiger partial charge in [-0.1, -0.05) is 6.07 Å².